The molecule has 2 aliphatic rings. The standard InChI is InChI=1S/C11H21NS/c1-10(2)9(4-7-13-10)8-11(12-3)5-6-11/h9,12H,4-8H2,1-3H3. The number of thioether (sulfide) groups is 1. The van der Waals surface area contributed by atoms with E-state index >= 15 is 0 Å². The molecule has 0 radical (unpaired) electrons. The minimum atomic E-state index is 0.534. The lowest BCUT2D eigenvalue weighted by molar-refractivity contribution is 0.337. The maximum absolute atomic E-state index is 3.51. The van der Waals surface area contributed by atoms with Gasteiger partial charge in [0.2, 0.25) is 0 Å². The Balaban J connectivity index is 1.94. The van der Waals surface area contributed by atoms with Crippen LogP contribution in [0, 0.1) is 5.92 Å². The molecule has 0 aromatic heterocycles. The third kappa shape index (κ3) is 1.89. The molecule has 1 unspecified atom stereocenters. The van der Waals surface area contributed by atoms with Gasteiger partial charge in [0.25, 0.3) is 0 Å². The van der Waals surface area contributed by atoms with Crippen molar-refractivity contribution in [3.63, 3.8) is 0 Å². The smallest absolute Gasteiger partial charge is 0.0183 e. The van der Waals surface area contributed by atoms with E-state index in [1.165, 1.54) is 31.4 Å². The van der Waals surface area contributed by atoms with Crippen LogP contribution in [0.5, 0.6) is 0 Å². The monoisotopic (exact) mass is 199 g/mol. The predicted molar refractivity (Wildman–Crippen MR) is 60.3 cm³/mol. The summed E-state index contributed by atoms with van der Waals surface area (Å²) in [5, 5.41) is 3.51. The second-order valence-electron chi connectivity index (χ2n) is 5.17. The van der Waals surface area contributed by atoms with Crippen molar-refractivity contribution in [2.24, 2.45) is 5.92 Å². The molecule has 1 nitrogen and oxygen atoms in total. The van der Waals surface area contributed by atoms with E-state index in [4.69, 9.17) is 0 Å². The van der Waals surface area contributed by atoms with E-state index in [9.17, 15) is 0 Å². The maximum Gasteiger partial charge on any atom is 0.0183 e. The Kier molecular flexibility index (Phi) is 2.40. The summed E-state index contributed by atoms with van der Waals surface area (Å²) in [6, 6.07) is 0. The normalized spacial score (nSPS) is 34.8. The van der Waals surface area contributed by atoms with Gasteiger partial charge in [0.05, 0.1) is 0 Å². The van der Waals surface area contributed by atoms with E-state index < -0.39 is 0 Å². The van der Waals surface area contributed by atoms with Crippen LogP contribution in [0.1, 0.15) is 39.5 Å². The summed E-state index contributed by atoms with van der Waals surface area (Å²) in [7, 11) is 2.13. The fourth-order valence-corrected chi connectivity index (χ4v) is 3.82. The van der Waals surface area contributed by atoms with Crippen molar-refractivity contribution in [1.82, 2.24) is 5.32 Å². The van der Waals surface area contributed by atoms with Gasteiger partial charge < -0.3 is 5.32 Å². The Morgan fingerprint density at radius 1 is 1.38 bits per heavy atom. The molecule has 0 bridgehead atoms. The van der Waals surface area contributed by atoms with E-state index in [0.717, 1.165) is 5.92 Å². The molecule has 1 N–H and O–H groups in total. The highest BCUT2D eigenvalue weighted by Gasteiger charge is 2.47. The van der Waals surface area contributed by atoms with Gasteiger partial charge in [0.1, 0.15) is 0 Å². The van der Waals surface area contributed by atoms with Crippen molar-refractivity contribution < 1.29 is 0 Å². The molecule has 76 valence electrons. The number of nitrogens with one attached hydrogen (secondary N) is 1. The quantitative estimate of drug-likeness (QED) is 0.750. The Morgan fingerprint density at radius 2 is 2.08 bits per heavy atom. The van der Waals surface area contributed by atoms with Crippen molar-refractivity contribution >= 4 is 11.8 Å². The van der Waals surface area contributed by atoms with E-state index in [1.54, 1.807) is 0 Å². The summed E-state index contributed by atoms with van der Waals surface area (Å²) in [6.45, 7) is 4.84. The van der Waals surface area contributed by atoms with Crippen LogP contribution in [0.3, 0.4) is 0 Å². The van der Waals surface area contributed by atoms with Crippen LogP contribution < -0.4 is 5.32 Å². The van der Waals surface area contributed by atoms with Crippen LogP contribution in [0.4, 0.5) is 0 Å². The molecule has 0 spiro atoms. The molecule has 2 fully saturated rings. The Hall–Kier alpha value is 0.310. The number of hydrogen-bond donors (Lipinski definition) is 1. The minimum absolute atomic E-state index is 0.534. The molecule has 0 aromatic rings. The lowest BCUT2D eigenvalue weighted by Gasteiger charge is -2.29. The molecule has 1 aliphatic heterocycles. The van der Waals surface area contributed by atoms with Gasteiger partial charge in [-0.25, -0.2) is 0 Å². The van der Waals surface area contributed by atoms with E-state index in [-0.39, 0.29) is 0 Å². The predicted octanol–water partition coefficient (Wildman–Crippen LogP) is 2.66. The Labute approximate surface area is 86.0 Å². The maximum atomic E-state index is 3.51. The Morgan fingerprint density at radius 3 is 2.46 bits per heavy atom. The van der Waals surface area contributed by atoms with Gasteiger partial charge in [-0.3, -0.25) is 0 Å². The molecule has 0 amide bonds. The summed E-state index contributed by atoms with van der Waals surface area (Å²) < 4.78 is 0.534. The van der Waals surface area contributed by atoms with Crippen LogP contribution in [-0.4, -0.2) is 23.1 Å². The number of rotatable bonds is 3. The summed E-state index contributed by atoms with van der Waals surface area (Å²) in [5.41, 5.74) is 0.548. The van der Waals surface area contributed by atoms with Gasteiger partial charge in [0, 0.05) is 10.3 Å². The second kappa shape index (κ2) is 3.16. The van der Waals surface area contributed by atoms with Crippen LogP contribution >= 0.6 is 11.8 Å². The highest BCUT2D eigenvalue weighted by atomic mass is 32.2. The summed E-state index contributed by atoms with van der Waals surface area (Å²) >= 11 is 2.16. The van der Waals surface area contributed by atoms with E-state index in [1.807, 2.05) is 0 Å². The highest BCUT2D eigenvalue weighted by Crippen LogP contribution is 2.50. The van der Waals surface area contributed by atoms with Crippen LogP contribution in [-0.2, 0) is 0 Å². The van der Waals surface area contributed by atoms with Crippen molar-refractivity contribution in [1.29, 1.82) is 0 Å². The molecule has 1 saturated heterocycles. The molecule has 1 saturated carbocycles. The average Bonchev–Trinajstić information content (AvgIpc) is 2.76. The first-order chi connectivity index (χ1) is 6.08. The van der Waals surface area contributed by atoms with Crippen molar-refractivity contribution in [2.75, 3.05) is 12.8 Å². The molecular formula is C11H21NS. The SMILES string of the molecule is CNC1(CC2CCSC2(C)C)CC1. The first-order valence-electron chi connectivity index (χ1n) is 5.41. The molecule has 1 atom stereocenters. The topological polar surface area (TPSA) is 12.0 Å². The zero-order valence-corrected chi connectivity index (χ0v) is 9.84. The minimum Gasteiger partial charge on any atom is -0.314 e. The zero-order valence-electron chi connectivity index (χ0n) is 9.02. The highest BCUT2D eigenvalue weighted by molar-refractivity contribution is 8.00. The van der Waals surface area contributed by atoms with Gasteiger partial charge in [-0.05, 0) is 44.4 Å². The molecule has 2 rings (SSSR count). The van der Waals surface area contributed by atoms with Crippen molar-refractivity contribution in [2.45, 2.75) is 49.8 Å². The second-order valence-corrected chi connectivity index (χ2v) is 6.92. The van der Waals surface area contributed by atoms with Crippen LogP contribution in [0.25, 0.3) is 0 Å². The molecule has 13 heavy (non-hydrogen) atoms. The zero-order chi connectivity index (χ0) is 9.53. The molecule has 0 aromatic carbocycles. The van der Waals surface area contributed by atoms with E-state index in [2.05, 4.69) is 38.0 Å². The fourth-order valence-electron chi connectivity index (χ4n) is 2.46. The number of hydrogen-bond acceptors (Lipinski definition) is 2. The lowest BCUT2D eigenvalue weighted by atomic mass is 9.86. The molecule has 1 aliphatic carbocycles. The molecule has 1 heterocycles. The third-order valence-electron chi connectivity index (χ3n) is 3.94. The van der Waals surface area contributed by atoms with Gasteiger partial charge in [0.15, 0.2) is 0 Å². The lowest BCUT2D eigenvalue weighted by Crippen LogP contribution is -2.34. The average molecular weight is 199 g/mol. The van der Waals surface area contributed by atoms with Crippen LogP contribution in [0.15, 0.2) is 0 Å². The van der Waals surface area contributed by atoms with Gasteiger partial charge >= 0.3 is 0 Å². The van der Waals surface area contributed by atoms with Crippen molar-refractivity contribution in [3.8, 4) is 0 Å². The third-order valence-corrected chi connectivity index (χ3v) is 5.46. The molecular weight excluding hydrogens is 178 g/mol. The van der Waals surface area contributed by atoms with Crippen molar-refractivity contribution in [3.05, 3.63) is 0 Å². The largest absolute Gasteiger partial charge is 0.314 e. The Bertz CT molecular complexity index is 196. The first kappa shape index (κ1) is 9.85. The van der Waals surface area contributed by atoms with Gasteiger partial charge in [-0.2, -0.15) is 11.8 Å². The van der Waals surface area contributed by atoms with Crippen LogP contribution in [0.2, 0.25) is 0 Å². The van der Waals surface area contributed by atoms with Gasteiger partial charge in [-0.1, -0.05) is 13.8 Å². The summed E-state index contributed by atoms with van der Waals surface area (Å²) in [6.07, 6.45) is 5.64. The summed E-state index contributed by atoms with van der Waals surface area (Å²) in [4.78, 5) is 0. The van der Waals surface area contributed by atoms with Gasteiger partial charge in [-0.15, -0.1) is 0 Å². The fraction of sp³-hybridized carbons (Fsp3) is 1.00. The summed E-state index contributed by atoms with van der Waals surface area (Å²) in [5.74, 6) is 2.31. The molecule has 2 heteroatoms. The van der Waals surface area contributed by atoms with E-state index in [0.29, 0.717) is 10.3 Å². The first-order valence-corrected chi connectivity index (χ1v) is 6.39.